The molecule has 1 heterocycles. The summed E-state index contributed by atoms with van der Waals surface area (Å²) in [6, 6.07) is 13.9. The lowest BCUT2D eigenvalue weighted by molar-refractivity contribution is -0.121. The van der Waals surface area contributed by atoms with E-state index in [0.717, 1.165) is 23.6 Å². The largest absolute Gasteiger partial charge is 0.461 e. The van der Waals surface area contributed by atoms with E-state index in [9.17, 15) is 4.79 Å². The highest BCUT2D eigenvalue weighted by Gasteiger charge is 2.19. The minimum Gasteiger partial charge on any atom is -0.461 e. The van der Waals surface area contributed by atoms with Crippen molar-refractivity contribution >= 4 is 5.91 Å². The zero-order valence-corrected chi connectivity index (χ0v) is 15.1. The molecule has 0 atom stereocenters. The highest BCUT2D eigenvalue weighted by Crippen LogP contribution is 2.22. The fourth-order valence-electron chi connectivity index (χ4n) is 2.84. The lowest BCUT2D eigenvalue weighted by atomic mass is 9.93. The molecule has 1 amide bonds. The van der Waals surface area contributed by atoms with Crippen molar-refractivity contribution in [3.63, 3.8) is 0 Å². The van der Waals surface area contributed by atoms with Crippen LogP contribution in [0.1, 0.15) is 26.0 Å². The summed E-state index contributed by atoms with van der Waals surface area (Å²) < 4.78 is 5.83. The molecule has 0 aliphatic heterocycles. The van der Waals surface area contributed by atoms with Gasteiger partial charge in [-0.3, -0.25) is 4.79 Å². The van der Waals surface area contributed by atoms with Gasteiger partial charge in [0.15, 0.2) is 0 Å². The number of aryl methyl sites for hydroxylation is 1. The molecule has 4 nitrogen and oxygen atoms in total. The fourth-order valence-corrected chi connectivity index (χ4v) is 2.84. The highest BCUT2D eigenvalue weighted by molar-refractivity contribution is 5.76. The van der Waals surface area contributed by atoms with Gasteiger partial charge in [-0.2, -0.15) is 0 Å². The number of amides is 1. The van der Waals surface area contributed by atoms with Gasteiger partial charge in [-0.05, 0) is 31.6 Å². The summed E-state index contributed by atoms with van der Waals surface area (Å²) in [5.74, 6) is 1.76. The Kier molecular flexibility index (Phi) is 6.21. The molecule has 1 aromatic heterocycles. The van der Waals surface area contributed by atoms with E-state index in [1.54, 1.807) is 0 Å². The summed E-state index contributed by atoms with van der Waals surface area (Å²) in [6.45, 7) is 5.93. The molecule has 0 spiro atoms. The Morgan fingerprint density at radius 3 is 2.50 bits per heavy atom. The summed E-state index contributed by atoms with van der Waals surface area (Å²) in [4.78, 5) is 14.2. The van der Waals surface area contributed by atoms with E-state index >= 15 is 0 Å². The summed E-state index contributed by atoms with van der Waals surface area (Å²) in [6.07, 6.45) is 1.06. The maximum atomic E-state index is 12.1. The van der Waals surface area contributed by atoms with Gasteiger partial charge in [0.05, 0.1) is 0 Å². The Labute approximate surface area is 144 Å². The van der Waals surface area contributed by atoms with Crippen LogP contribution in [-0.2, 0) is 11.2 Å². The van der Waals surface area contributed by atoms with Gasteiger partial charge in [-0.25, -0.2) is 0 Å². The second kappa shape index (κ2) is 8.15. The molecule has 0 aliphatic rings. The van der Waals surface area contributed by atoms with Crippen molar-refractivity contribution in [2.75, 3.05) is 27.2 Å². The normalized spacial score (nSPS) is 11.7. The van der Waals surface area contributed by atoms with Gasteiger partial charge in [0.1, 0.15) is 11.5 Å². The number of nitrogens with zero attached hydrogens (tertiary/aromatic N) is 1. The van der Waals surface area contributed by atoms with Crippen LogP contribution < -0.4 is 5.32 Å². The molecule has 0 saturated carbocycles. The topological polar surface area (TPSA) is 45.5 Å². The number of furan rings is 1. The van der Waals surface area contributed by atoms with Crippen LogP contribution in [0.15, 0.2) is 46.9 Å². The lowest BCUT2D eigenvalue weighted by Crippen LogP contribution is -2.40. The van der Waals surface area contributed by atoms with Crippen LogP contribution in [0, 0.1) is 5.41 Å². The molecule has 0 radical (unpaired) electrons. The van der Waals surface area contributed by atoms with Gasteiger partial charge >= 0.3 is 0 Å². The van der Waals surface area contributed by atoms with E-state index in [2.05, 4.69) is 24.1 Å². The van der Waals surface area contributed by atoms with Crippen LogP contribution >= 0.6 is 0 Å². The number of nitrogens with one attached hydrogen (secondary N) is 1. The highest BCUT2D eigenvalue weighted by atomic mass is 16.3. The molecule has 0 bridgehead atoms. The van der Waals surface area contributed by atoms with Gasteiger partial charge in [-0.1, -0.05) is 44.2 Å². The molecule has 2 rings (SSSR count). The molecular weight excluding hydrogens is 300 g/mol. The summed E-state index contributed by atoms with van der Waals surface area (Å²) in [5, 5.41) is 3.03. The Balaban J connectivity index is 1.79. The number of carbonyl (C=O) groups excluding carboxylic acids is 1. The quantitative estimate of drug-likeness (QED) is 0.805. The summed E-state index contributed by atoms with van der Waals surface area (Å²) in [7, 11) is 4.09. The van der Waals surface area contributed by atoms with Gasteiger partial charge in [-0.15, -0.1) is 0 Å². The molecule has 4 heteroatoms. The van der Waals surface area contributed by atoms with Crippen LogP contribution in [0.4, 0.5) is 0 Å². The molecule has 0 unspecified atom stereocenters. The lowest BCUT2D eigenvalue weighted by Gasteiger charge is -2.28. The Bertz CT molecular complexity index is 645. The third-order valence-corrected chi connectivity index (χ3v) is 3.83. The Morgan fingerprint density at radius 2 is 1.83 bits per heavy atom. The Morgan fingerprint density at radius 1 is 1.12 bits per heavy atom. The number of rotatable bonds is 8. The van der Waals surface area contributed by atoms with Crippen LogP contribution in [-0.4, -0.2) is 38.0 Å². The van der Waals surface area contributed by atoms with Gasteiger partial charge in [0, 0.05) is 31.5 Å². The molecule has 1 N–H and O–H groups in total. The second-order valence-corrected chi connectivity index (χ2v) is 7.31. The monoisotopic (exact) mass is 328 g/mol. The third kappa shape index (κ3) is 5.85. The van der Waals surface area contributed by atoms with E-state index in [1.165, 1.54) is 0 Å². The number of hydrogen-bond acceptors (Lipinski definition) is 3. The number of hydrogen-bond donors (Lipinski definition) is 1. The SMILES string of the molecule is CN(C)CC(C)(C)CNC(=O)CCc1ccc(-c2ccccc2)o1. The maximum Gasteiger partial charge on any atom is 0.220 e. The van der Waals surface area contributed by atoms with Crippen LogP contribution in [0.25, 0.3) is 11.3 Å². The molecule has 1 aromatic carbocycles. The minimum absolute atomic E-state index is 0.0598. The Hall–Kier alpha value is -2.07. The third-order valence-electron chi connectivity index (χ3n) is 3.83. The predicted molar refractivity (Wildman–Crippen MR) is 97.8 cm³/mol. The van der Waals surface area contributed by atoms with Crippen LogP contribution in [0.3, 0.4) is 0 Å². The first-order valence-corrected chi connectivity index (χ1v) is 8.41. The van der Waals surface area contributed by atoms with E-state index in [-0.39, 0.29) is 11.3 Å². The van der Waals surface area contributed by atoms with Crippen molar-refractivity contribution in [3.8, 4) is 11.3 Å². The second-order valence-electron chi connectivity index (χ2n) is 7.31. The van der Waals surface area contributed by atoms with E-state index in [1.807, 2.05) is 56.6 Å². The van der Waals surface area contributed by atoms with Gasteiger partial charge in [0.25, 0.3) is 0 Å². The average Bonchev–Trinajstić information content (AvgIpc) is 3.00. The van der Waals surface area contributed by atoms with Crippen molar-refractivity contribution in [3.05, 3.63) is 48.2 Å². The predicted octanol–water partition coefficient (Wildman–Crippen LogP) is 3.58. The smallest absolute Gasteiger partial charge is 0.220 e. The van der Waals surface area contributed by atoms with E-state index in [4.69, 9.17) is 4.42 Å². The molecule has 0 aliphatic carbocycles. The van der Waals surface area contributed by atoms with Gasteiger partial charge < -0.3 is 14.6 Å². The molecule has 2 aromatic rings. The van der Waals surface area contributed by atoms with Crippen molar-refractivity contribution < 1.29 is 9.21 Å². The molecule has 130 valence electrons. The number of benzene rings is 1. The van der Waals surface area contributed by atoms with Gasteiger partial charge in [0.2, 0.25) is 5.91 Å². The zero-order chi connectivity index (χ0) is 17.6. The molecule has 0 saturated heterocycles. The standard InChI is InChI=1S/C20H28N2O2/c1-20(2,15-22(3)4)14-21-19(23)13-11-17-10-12-18(24-17)16-8-6-5-7-9-16/h5-10,12H,11,13-15H2,1-4H3,(H,21,23). The fraction of sp³-hybridized carbons (Fsp3) is 0.450. The number of carbonyl (C=O) groups is 1. The van der Waals surface area contributed by atoms with Crippen molar-refractivity contribution in [1.82, 2.24) is 10.2 Å². The van der Waals surface area contributed by atoms with Crippen LogP contribution in [0.2, 0.25) is 0 Å². The van der Waals surface area contributed by atoms with Crippen LogP contribution in [0.5, 0.6) is 0 Å². The van der Waals surface area contributed by atoms with E-state index in [0.29, 0.717) is 19.4 Å². The summed E-state index contributed by atoms with van der Waals surface area (Å²) in [5.41, 5.74) is 1.11. The van der Waals surface area contributed by atoms with Crippen molar-refractivity contribution in [1.29, 1.82) is 0 Å². The van der Waals surface area contributed by atoms with Crippen molar-refractivity contribution in [2.24, 2.45) is 5.41 Å². The summed E-state index contributed by atoms with van der Waals surface area (Å²) >= 11 is 0. The average molecular weight is 328 g/mol. The van der Waals surface area contributed by atoms with Crippen molar-refractivity contribution in [2.45, 2.75) is 26.7 Å². The maximum absolute atomic E-state index is 12.1. The molecular formula is C20H28N2O2. The molecule has 24 heavy (non-hydrogen) atoms. The first-order valence-electron chi connectivity index (χ1n) is 8.41. The minimum atomic E-state index is 0.0598. The van der Waals surface area contributed by atoms with E-state index < -0.39 is 0 Å². The first-order chi connectivity index (χ1) is 11.4. The zero-order valence-electron chi connectivity index (χ0n) is 15.1. The first kappa shape index (κ1) is 18.3. The molecule has 0 fully saturated rings.